The van der Waals surface area contributed by atoms with Gasteiger partial charge < -0.3 is 15.0 Å². The van der Waals surface area contributed by atoms with Gasteiger partial charge in [0.15, 0.2) is 0 Å². The number of carbonyl (C=O) groups excluding carboxylic acids is 1. The number of anilines is 1. The highest BCUT2D eigenvalue weighted by atomic mass is 35.5. The van der Waals surface area contributed by atoms with Gasteiger partial charge in [0, 0.05) is 11.1 Å². The Morgan fingerprint density at radius 2 is 1.95 bits per heavy atom. The Morgan fingerprint density at radius 1 is 1.14 bits per heavy atom. The number of rotatable bonds is 3. The van der Waals surface area contributed by atoms with Crippen LogP contribution in [-0.2, 0) is 0 Å². The number of benzene rings is 2. The molecular weight excluding hydrogens is 323 g/mol. The predicted molar refractivity (Wildman–Crippen MR) is 89.3 cm³/mol. The van der Waals surface area contributed by atoms with Crippen LogP contribution in [0.4, 0.5) is 5.69 Å². The van der Waals surface area contributed by atoms with Crippen molar-refractivity contribution in [3.63, 3.8) is 0 Å². The van der Waals surface area contributed by atoms with Crippen LogP contribution in [0.15, 0.2) is 42.5 Å². The number of methoxy groups -OCH3 is 1. The summed E-state index contributed by atoms with van der Waals surface area (Å²) in [6, 6.07) is 12.3. The van der Waals surface area contributed by atoms with Gasteiger partial charge in [-0.2, -0.15) is 0 Å². The molecule has 0 spiro atoms. The molecule has 0 unspecified atom stereocenters. The topological polar surface area (TPSA) is 54.1 Å². The molecule has 0 fully saturated rings. The van der Waals surface area contributed by atoms with Gasteiger partial charge in [-0.05, 0) is 30.3 Å². The third kappa shape index (κ3) is 2.75. The number of aromatic amines is 1. The average Bonchev–Trinajstić information content (AvgIpc) is 2.93. The summed E-state index contributed by atoms with van der Waals surface area (Å²) < 4.78 is 5.08. The number of nitrogens with one attached hydrogen (secondary N) is 2. The van der Waals surface area contributed by atoms with E-state index >= 15 is 0 Å². The van der Waals surface area contributed by atoms with Crippen LogP contribution in [0.5, 0.6) is 5.75 Å². The van der Waals surface area contributed by atoms with E-state index in [-0.39, 0.29) is 5.91 Å². The first-order valence-corrected chi connectivity index (χ1v) is 7.26. The zero-order valence-electron chi connectivity index (χ0n) is 11.6. The van der Waals surface area contributed by atoms with Crippen LogP contribution >= 0.6 is 23.2 Å². The molecule has 6 heteroatoms. The molecule has 1 heterocycles. The van der Waals surface area contributed by atoms with Crippen molar-refractivity contribution in [3.05, 3.63) is 58.2 Å². The van der Waals surface area contributed by atoms with Crippen LogP contribution in [0.2, 0.25) is 10.0 Å². The molecule has 2 aromatic carbocycles. The monoisotopic (exact) mass is 334 g/mol. The summed E-state index contributed by atoms with van der Waals surface area (Å²) in [5, 5.41) is 4.66. The summed E-state index contributed by atoms with van der Waals surface area (Å²) in [5.41, 5.74) is 1.75. The third-order valence-electron chi connectivity index (χ3n) is 3.26. The van der Waals surface area contributed by atoms with Gasteiger partial charge in [-0.1, -0.05) is 35.3 Å². The minimum atomic E-state index is -0.270. The van der Waals surface area contributed by atoms with Crippen molar-refractivity contribution in [2.24, 2.45) is 0 Å². The molecule has 2 N–H and O–H groups in total. The van der Waals surface area contributed by atoms with Crippen molar-refractivity contribution in [3.8, 4) is 5.75 Å². The Balaban J connectivity index is 1.87. The molecule has 0 radical (unpaired) electrons. The minimum absolute atomic E-state index is 0.270. The van der Waals surface area contributed by atoms with E-state index < -0.39 is 0 Å². The van der Waals surface area contributed by atoms with Gasteiger partial charge in [0.2, 0.25) is 0 Å². The van der Waals surface area contributed by atoms with Crippen molar-refractivity contribution < 1.29 is 9.53 Å². The summed E-state index contributed by atoms with van der Waals surface area (Å²) in [5.74, 6) is 0.283. The zero-order chi connectivity index (χ0) is 15.7. The Morgan fingerprint density at radius 3 is 2.64 bits per heavy atom. The molecule has 0 aliphatic heterocycles. The Hall–Kier alpha value is -2.17. The number of hydrogen-bond acceptors (Lipinski definition) is 2. The number of amides is 1. The number of aromatic nitrogens is 1. The largest absolute Gasteiger partial charge is 0.495 e. The van der Waals surface area contributed by atoms with E-state index in [1.165, 1.54) is 7.11 Å². The molecule has 0 atom stereocenters. The van der Waals surface area contributed by atoms with Gasteiger partial charge in [0.05, 0.1) is 22.7 Å². The first kappa shape index (κ1) is 14.8. The molecule has 0 saturated carbocycles. The average molecular weight is 335 g/mol. The number of fused-ring (bicyclic) bond motifs is 1. The van der Waals surface area contributed by atoms with Gasteiger partial charge in [-0.15, -0.1) is 0 Å². The number of halogens is 2. The highest BCUT2D eigenvalue weighted by Crippen LogP contribution is 2.28. The molecule has 3 rings (SSSR count). The second-order valence-electron chi connectivity index (χ2n) is 4.69. The summed E-state index contributed by atoms with van der Waals surface area (Å²) >= 11 is 12.1. The fourth-order valence-corrected chi connectivity index (χ4v) is 2.67. The van der Waals surface area contributed by atoms with Crippen LogP contribution < -0.4 is 10.1 Å². The molecule has 0 aliphatic carbocycles. The second-order valence-corrected chi connectivity index (χ2v) is 5.50. The highest BCUT2D eigenvalue weighted by molar-refractivity contribution is 6.35. The molecule has 1 amide bonds. The quantitative estimate of drug-likeness (QED) is 0.727. The van der Waals surface area contributed by atoms with E-state index in [9.17, 15) is 4.79 Å². The number of H-pyrrole nitrogens is 1. The van der Waals surface area contributed by atoms with E-state index in [0.717, 1.165) is 10.9 Å². The maximum atomic E-state index is 12.3. The summed E-state index contributed by atoms with van der Waals surface area (Å²) in [7, 11) is 1.54. The Kier molecular flexibility index (Phi) is 3.96. The van der Waals surface area contributed by atoms with Crippen molar-refractivity contribution >= 4 is 45.7 Å². The molecular formula is C16H12Cl2N2O2. The van der Waals surface area contributed by atoms with E-state index in [4.69, 9.17) is 27.9 Å². The standard InChI is InChI=1S/C16H12Cl2N2O2/c1-22-14-6-5-10(8-12(14)18)19-16(21)13-7-9-3-2-4-11(17)15(9)20-13/h2-8,20H,1H3,(H,19,21). The number of para-hydroxylation sites is 1. The first-order chi connectivity index (χ1) is 10.6. The molecule has 0 bridgehead atoms. The number of carbonyl (C=O) groups is 1. The van der Waals surface area contributed by atoms with Gasteiger partial charge in [0.1, 0.15) is 11.4 Å². The van der Waals surface area contributed by atoms with Crippen LogP contribution in [-0.4, -0.2) is 18.0 Å². The van der Waals surface area contributed by atoms with Crippen LogP contribution in [0.3, 0.4) is 0 Å². The van der Waals surface area contributed by atoms with Crippen LogP contribution in [0.1, 0.15) is 10.5 Å². The summed E-state index contributed by atoms with van der Waals surface area (Å²) in [6.45, 7) is 0. The maximum absolute atomic E-state index is 12.3. The van der Waals surface area contributed by atoms with E-state index in [1.54, 1.807) is 30.3 Å². The van der Waals surface area contributed by atoms with Crippen molar-refractivity contribution in [2.75, 3.05) is 12.4 Å². The van der Waals surface area contributed by atoms with Crippen molar-refractivity contribution in [1.82, 2.24) is 4.98 Å². The summed E-state index contributed by atoms with van der Waals surface area (Å²) in [6.07, 6.45) is 0. The highest BCUT2D eigenvalue weighted by Gasteiger charge is 2.12. The molecule has 0 aliphatic rings. The zero-order valence-corrected chi connectivity index (χ0v) is 13.1. The second kappa shape index (κ2) is 5.91. The minimum Gasteiger partial charge on any atom is -0.495 e. The fourth-order valence-electron chi connectivity index (χ4n) is 2.18. The van der Waals surface area contributed by atoms with Gasteiger partial charge >= 0.3 is 0 Å². The van der Waals surface area contributed by atoms with E-state index in [1.807, 2.05) is 12.1 Å². The number of hydrogen-bond donors (Lipinski definition) is 2. The first-order valence-electron chi connectivity index (χ1n) is 6.50. The summed E-state index contributed by atoms with van der Waals surface area (Å²) in [4.78, 5) is 15.3. The molecule has 1 aromatic heterocycles. The lowest BCUT2D eigenvalue weighted by Crippen LogP contribution is -2.12. The van der Waals surface area contributed by atoms with E-state index in [2.05, 4.69) is 10.3 Å². The third-order valence-corrected chi connectivity index (χ3v) is 3.87. The van der Waals surface area contributed by atoms with Gasteiger partial charge in [-0.3, -0.25) is 4.79 Å². The molecule has 4 nitrogen and oxygen atoms in total. The lowest BCUT2D eigenvalue weighted by atomic mass is 10.2. The lowest BCUT2D eigenvalue weighted by Gasteiger charge is -2.07. The van der Waals surface area contributed by atoms with E-state index in [0.29, 0.717) is 27.2 Å². The maximum Gasteiger partial charge on any atom is 0.272 e. The molecule has 22 heavy (non-hydrogen) atoms. The Labute approximate surface area is 137 Å². The number of ether oxygens (including phenoxy) is 1. The molecule has 112 valence electrons. The fraction of sp³-hybridized carbons (Fsp3) is 0.0625. The predicted octanol–water partition coefficient (Wildman–Crippen LogP) is 4.74. The molecule has 3 aromatic rings. The molecule has 0 saturated heterocycles. The normalized spacial score (nSPS) is 10.7. The van der Waals surface area contributed by atoms with Gasteiger partial charge in [0.25, 0.3) is 5.91 Å². The van der Waals surface area contributed by atoms with Crippen LogP contribution in [0, 0.1) is 0 Å². The van der Waals surface area contributed by atoms with Crippen molar-refractivity contribution in [2.45, 2.75) is 0 Å². The Bertz CT molecular complexity index is 858. The van der Waals surface area contributed by atoms with Crippen LogP contribution in [0.25, 0.3) is 10.9 Å². The van der Waals surface area contributed by atoms with Gasteiger partial charge in [-0.25, -0.2) is 0 Å². The smallest absolute Gasteiger partial charge is 0.272 e. The SMILES string of the molecule is COc1ccc(NC(=O)c2cc3cccc(Cl)c3[nH]2)cc1Cl. The lowest BCUT2D eigenvalue weighted by molar-refractivity contribution is 0.102. The van der Waals surface area contributed by atoms with Crippen molar-refractivity contribution in [1.29, 1.82) is 0 Å².